The Balaban J connectivity index is 1.78. The first-order valence-electron chi connectivity index (χ1n) is 5.95. The number of aromatic nitrogens is 1. The maximum absolute atomic E-state index is 11.8. The molecule has 2 heterocycles. The molecule has 6 nitrogen and oxygen atoms in total. The van der Waals surface area contributed by atoms with Gasteiger partial charge in [-0.25, -0.2) is 0 Å². The number of rotatable bonds is 4. The van der Waals surface area contributed by atoms with Crippen molar-refractivity contribution >= 4 is 17.2 Å². The van der Waals surface area contributed by atoms with Gasteiger partial charge in [-0.3, -0.25) is 14.5 Å². The molecule has 0 aliphatic carbocycles. The SMILES string of the molecule is Cc1[nH]c(=O)sc1C(=O)NCCN1CCOCC1. The van der Waals surface area contributed by atoms with Gasteiger partial charge in [0, 0.05) is 31.9 Å². The van der Waals surface area contributed by atoms with Crippen LogP contribution in [-0.2, 0) is 4.74 Å². The summed E-state index contributed by atoms with van der Waals surface area (Å²) >= 11 is 0.952. The fourth-order valence-corrected chi connectivity index (χ4v) is 2.61. The van der Waals surface area contributed by atoms with Gasteiger partial charge in [-0.1, -0.05) is 11.3 Å². The Kier molecular flexibility index (Phi) is 4.51. The lowest BCUT2D eigenvalue weighted by Gasteiger charge is -2.26. The molecule has 0 spiro atoms. The van der Waals surface area contributed by atoms with Crippen molar-refractivity contribution in [3.05, 3.63) is 20.2 Å². The molecule has 0 unspecified atom stereocenters. The van der Waals surface area contributed by atoms with Crippen LogP contribution in [0, 0.1) is 6.92 Å². The summed E-state index contributed by atoms with van der Waals surface area (Å²) in [5.74, 6) is -0.177. The molecule has 0 radical (unpaired) electrons. The maximum atomic E-state index is 11.8. The molecule has 2 N–H and O–H groups in total. The normalized spacial score (nSPS) is 16.7. The summed E-state index contributed by atoms with van der Waals surface area (Å²) in [5.41, 5.74) is 0.633. The molecule has 18 heavy (non-hydrogen) atoms. The van der Waals surface area contributed by atoms with Crippen LogP contribution < -0.4 is 10.2 Å². The molecule has 2 rings (SSSR count). The van der Waals surface area contributed by atoms with Crippen molar-refractivity contribution in [1.82, 2.24) is 15.2 Å². The fourth-order valence-electron chi connectivity index (χ4n) is 1.85. The van der Waals surface area contributed by atoms with Crippen molar-refractivity contribution in [2.24, 2.45) is 0 Å². The minimum atomic E-state index is -0.189. The summed E-state index contributed by atoms with van der Waals surface area (Å²) in [5, 5.41) is 2.83. The van der Waals surface area contributed by atoms with Crippen LogP contribution in [-0.4, -0.2) is 55.2 Å². The monoisotopic (exact) mass is 271 g/mol. The number of amides is 1. The van der Waals surface area contributed by atoms with Gasteiger partial charge >= 0.3 is 4.87 Å². The Morgan fingerprint density at radius 1 is 1.50 bits per heavy atom. The number of aryl methyl sites for hydroxylation is 1. The van der Waals surface area contributed by atoms with Gasteiger partial charge in [0.2, 0.25) is 0 Å². The van der Waals surface area contributed by atoms with E-state index in [1.54, 1.807) is 6.92 Å². The van der Waals surface area contributed by atoms with Crippen LogP contribution >= 0.6 is 11.3 Å². The lowest BCUT2D eigenvalue weighted by atomic mass is 10.3. The van der Waals surface area contributed by atoms with Gasteiger partial charge in [0.25, 0.3) is 5.91 Å². The van der Waals surface area contributed by atoms with Crippen molar-refractivity contribution in [1.29, 1.82) is 0 Å². The minimum Gasteiger partial charge on any atom is -0.379 e. The number of morpholine rings is 1. The van der Waals surface area contributed by atoms with E-state index in [1.165, 1.54) is 0 Å². The summed E-state index contributed by atoms with van der Waals surface area (Å²) in [6.45, 7) is 6.46. The summed E-state index contributed by atoms with van der Waals surface area (Å²) in [7, 11) is 0. The van der Waals surface area contributed by atoms with Gasteiger partial charge in [-0.15, -0.1) is 0 Å². The molecular weight excluding hydrogens is 254 g/mol. The van der Waals surface area contributed by atoms with Crippen LogP contribution in [0.3, 0.4) is 0 Å². The molecule has 7 heteroatoms. The lowest BCUT2D eigenvalue weighted by Crippen LogP contribution is -2.41. The van der Waals surface area contributed by atoms with E-state index in [4.69, 9.17) is 4.74 Å². The van der Waals surface area contributed by atoms with E-state index in [2.05, 4.69) is 15.2 Å². The quantitative estimate of drug-likeness (QED) is 0.796. The van der Waals surface area contributed by atoms with Crippen molar-refractivity contribution in [2.45, 2.75) is 6.92 Å². The van der Waals surface area contributed by atoms with E-state index in [0.717, 1.165) is 44.2 Å². The van der Waals surface area contributed by atoms with E-state index in [-0.39, 0.29) is 10.8 Å². The fraction of sp³-hybridized carbons (Fsp3) is 0.636. The van der Waals surface area contributed by atoms with E-state index in [1.807, 2.05) is 0 Å². The number of ether oxygens (including phenoxy) is 1. The van der Waals surface area contributed by atoms with Gasteiger partial charge in [0.15, 0.2) is 0 Å². The minimum absolute atomic E-state index is 0.177. The van der Waals surface area contributed by atoms with Crippen LogP contribution in [0.4, 0.5) is 0 Å². The molecule has 0 bridgehead atoms. The number of hydrogen-bond donors (Lipinski definition) is 2. The predicted molar refractivity (Wildman–Crippen MR) is 69.3 cm³/mol. The second kappa shape index (κ2) is 6.12. The zero-order valence-corrected chi connectivity index (χ0v) is 11.1. The molecule has 1 fully saturated rings. The van der Waals surface area contributed by atoms with Gasteiger partial charge in [0.1, 0.15) is 4.88 Å². The van der Waals surface area contributed by atoms with E-state index >= 15 is 0 Å². The number of nitrogens with zero attached hydrogens (tertiary/aromatic N) is 1. The Morgan fingerprint density at radius 2 is 2.22 bits per heavy atom. The molecule has 1 aromatic rings. The zero-order chi connectivity index (χ0) is 13.0. The van der Waals surface area contributed by atoms with Crippen LogP contribution in [0.2, 0.25) is 0 Å². The first kappa shape index (κ1) is 13.3. The molecule has 1 amide bonds. The van der Waals surface area contributed by atoms with E-state index in [0.29, 0.717) is 17.1 Å². The van der Waals surface area contributed by atoms with Gasteiger partial charge in [0.05, 0.1) is 13.2 Å². The van der Waals surface area contributed by atoms with Crippen molar-refractivity contribution in [3.8, 4) is 0 Å². The third-order valence-electron chi connectivity index (χ3n) is 2.85. The second-order valence-corrected chi connectivity index (χ2v) is 5.16. The molecule has 1 aromatic heterocycles. The Hall–Kier alpha value is -1.18. The van der Waals surface area contributed by atoms with Crippen LogP contribution in [0.1, 0.15) is 15.4 Å². The number of carbonyl (C=O) groups is 1. The van der Waals surface area contributed by atoms with E-state index in [9.17, 15) is 9.59 Å². The zero-order valence-electron chi connectivity index (χ0n) is 10.3. The van der Waals surface area contributed by atoms with Crippen LogP contribution in [0.15, 0.2) is 4.79 Å². The highest BCUT2D eigenvalue weighted by atomic mass is 32.1. The number of H-pyrrole nitrogens is 1. The summed E-state index contributed by atoms with van der Waals surface area (Å²) in [4.78, 5) is 28.0. The highest BCUT2D eigenvalue weighted by molar-refractivity contribution is 7.11. The van der Waals surface area contributed by atoms with Crippen LogP contribution in [0.5, 0.6) is 0 Å². The largest absolute Gasteiger partial charge is 0.379 e. The highest BCUT2D eigenvalue weighted by Crippen LogP contribution is 2.07. The number of nitrogens with one attached hydrogen (secondary N) is 2. The van der Waals surface area contributed by atoms with Crippen molar-refractivity contribution < 1.29 is 9.53 Å². The first-order valence-corrected chi connectivity index (χ1v) is 6.76. The summed E-state index contributed by atoms with van der Waals surface area (Å²) < 4.78 is 5.25. The molecule has 100 valence electrons. The average Bonchev–Trinajstić information content (AvgIpc) is 2.70. The second-order valence-electron chi connectivity index (χ2n) is 4.18. The number of thiazole rings is 1. The maximum Gasteiger partial charge on any atom is 0.305 e. The molecular formula is C11H17N3O3S. The number of aromatic amines is 1. The lowest BCUT2D eigenvalue weighted by molar-refractivity contribution is 0.0383. The molecule has 1 saturated heterocycles. The number of hydrogen-bond acceptors (Lipinski definition) is 5. The first-order chi connectivity index (χ1) is 8.66. The topological polar surface area (TPSA) is 74.4 Å². The third-order valence-corrected chi connectivity index (χ3v) is 3.83. The molecule has 0 atom stereocenters. The Labute approximate surface area is 109 Å². The van der Waals surface area contributed by atoms with Crippen LogP contribution in [0.25, 0.3) is 0 Å². The molecule has 0 aromatic carbocycles. The Morgan fingerprint density at radius 3 is 2.83 bits per heavy atom. The van der Waals surface area contributed by atoms with Crippen molar-refractivity contribution in [3.63, 3.8) is 0 Å². The smallest absolute Gasteiger partial charge is 0.305 e. The third kappa shape index (κ3) is 3.41. The van der Waals surface area contributed by atoms with E-state index < -0.39 is 0 Å². The average molecular weight is 271 g/mol. The molecule has 0 saturated carbocycles. The predicted octanol–water partition coefficient (Wildman–Crippen LogP) is -0.193. The molecule has 1 aliphatic heterocycles. The van der Waals surface area contributed by atoms with Gasteiger partial charge in [-0.2, -0.15) is 0 Å². The van der Waals surface area contributed by atoms with Gasteiger partial charge in [-0.05, 0) is 6.92 Å². The van der Waals surface area contributed by atoms with Crippen molar-refractivity contribution in [2.75, 3.05) is 39.4 Å². The highest BCUT2D eigenvalue weighted by Gasteiger charge is 2.14. The Bertz CT molecular complexity index is 462. The summed E-state index contributed by atoms with van der Waals surface area (Å²) in [6.07, 6.45) is 0. The van der Waals surface area contributed by atoms with Gasteiger partial charge < -0.3 is 15.0 Å². The molecule has 1 aliphatic rings. The summed E-state index contributed by atoms with van der Waals surface area (Å²) in [6, 6.07) is 0. The number of carbonyl (C=O) groups excluding carboxylic acids is 1. The standard InChI is InChI=1S/C11H17N3O3S/c1-8-9(18-11(16)13-8)10(15)12-2-3-14-4-6-17-7-5-14/h2-7H2,1H3,(H,12,15)(H,13,16).